The minimum absolute atomic E-state index is 0.0288. The normalized spacial score (nSPS) is 15.1. The first-order chi connectivity index (χ1) is 7.97. The molecular weight excluding hydrogens is 222 g/mol. The van der Waals surface area contributed by atoms with Gasteiger partial charge in [0.1, 0.15) is 6.04 Å². The lowest BCUT2D eigenvalue weighted by molar-refractivity contribution is -0.149. The molecule has 0 rings (SSSR count). The molecule has 0 aliphatic rings. The van der Waals surface area contributed by atoms with Crippen LogP contribution in [0.25, 0.3) is 0 Å². The molecular formula is C12H25NO4. The summed E-state index contributed by atoms with van der Waals surface area (Å²) in [5.41, 5.74) is 5.92. The van der Waals surface area contributed by atoms with Crippen LogP contribution in [0.2, 0.25) is 0 Å². The van der Waals surface area contributed by atoms with E-state index in [1.54, 1.807) is 21.1 Å². The van der Waals surface area contributed by atoms with Gasteiger partial charge in [0.25, 0.3) is 0 Å². The maximum Gasteiger partial charge on any atom is 0.323 e. The second-order valence-corrected chi connectivity index (χ2v) is 4.32. The van der Waals surface area contributed by atoms with E-state index in [0.717, 1.165) is 0 Å². The second-order valence-electron chi connectivity index (χ2n) is 4.32. The van der Waals surface area contributed by atoms with Crippen molar-refractivity contribution in [3.63, 3.8) is 0 Å². The van der Waals surface area contributed by atoms with Crippen LogP contribution in [0.4, 0.5) is 0 Å². The molecule has 0 saturated carbocycles. The number of hydrogen-bond donors (Lipinski definition) is 1. The van der Waals surface area contributed by atoms with E-state index >= 15 is 0 Å². The zero-order valence-electron chi connectivity index (χ0n) is 11.4. The summed E-state index contributed by atoms with van der Waals surface area (Å²) in [6.45, 7) is 6.15. The Morgan fingerprint density at radius 1 is 1.24 bits per heavy atom. The van der Waals surface area contributed by atoms with Crippen molar-refractivity contribution in [2.75, 3.05) is 20.8 Å². The molecule has 0 aromatic heterocycles. The van der Waals surface area contributed by atoms with Crippen molar-refractivity contribution in [3.8, 4) is 0 Å². The van der Waals surface area contributed by atoms with Crippen molar-refractivity contribution in [2.45, 2.75) is 39.5 Å². The fourth-order valence-corrected chi connectivity index (χ4v) is 1.76. The molecule has 0 aliphatic carbocycles. The summed E-state index contributed by atoms with van der Waals surface area (Å²) in [5, 5.41) is 0. The van der Waals surface area contributed by atoms with Crippen LogP contribution in [0.15, 0.2) is 0 Å². The van der Waals surface area contributed by atoms with Crippen molar-refractivity contribution < 1.29 is 19.0 Å². The van der Waals surface area contributed by atoms with Crippen molar-refractivity contribution in [1.82, 2.24) is 0 Å². The van der Waals surface area contributed by atoms with Gasteiger partial charge in [-0.1, -0.05) is 13.8 Å². The lowest BCUT2D eigenvalue weighted by atomic mass is 9.86. The molecule has 0 aromatic rings. The molecule has 0 aromatic carbocycles. The molecule has 102 valence electrons. The molecule has 2 N–H and O–H groups in total. The lowest BCUT2D eigenvalue weighted by Crippen LogP contribution is -2.43. The number of ether oxygens (including phenoxy) is 3. The van der Waals surface area contributed by atoms with Gasteiger partial charge in [-0.2, -0.15) is 0 Å². The Bertz CT molecular complexity index is 217. The Kier molecular flexibility index (Phi) is 8.12. The second kappa shape index (κ2) is 8.44. The van der Waals surface area contributed by atoms with Gasteiger partial charge in [0.2, 0.25) is 0 Å². The number of rotatable bonds is 8. The van der Waals surface area contributed by atoms with E-state index in [9.17, 15) is 4.79 Å². The molecule has 5 heteroatoms. The zero-order chi connectivity index (χ0) is 13.4. The van der Waals surface area contributed by atoms with Gasteiger partial charge in [0.15, 0.2) is 6.29 Å². The Labute approximate surface area is 104 Å². The predicted octanol–water partition coefficient (Wildman–Crippen LogP) is 1.16. The molecule has 0 heterocycles. The monoisotopic (exact) mass is 247 g/mol. The minimum atomic E-state index is -0.636. The van der Waals surface area contributed by atoms with Crippen LogP contribution in [0.5, 0.6) is 0 Å². The fourth-order valence-electron chi connectivity index (χ4n) is 1.76. The number of hydrogen-bond acceptors (Lipinski definition) is 5. The van der Waals surface area contributed by atoms with Crippen LogP contribution in [0.3, 0.4) is 0 Å². The first-order valence-electron chi connectivity index (χ1n) is 5.95. The third kappa shape index (κ3) is 5.48. The number of nitrogens with two attached hydrogens (primary N) is 1. The molecule has 0 spiro atoms. The molecule has 17 heavy (non-hydrogen) atoms. The number of methoxy groups -OCH3 is 2. The molecule has 0 saturated heterocycles. The van der Waals surface area contributed by atoms with Crippen molar-refractivity contribution in [1.29, 1.82) is 0 Å². The average Bonchev–Trinajstić information content (AvgIpc) is 2.29. The molecule has 0 bridgehead atoms. The summed E-state index contributed by atoms with van der Waals surface area (Å²) in [6, 6.07) is -0.636. The van der Waals surface area contributed by atoms with Gasteiger partial charge in [-0.25, -0.2) is 0 Å². The molecule has 0 radical (unpaired) electrons. The van der Waals surface area contributed by atoms with E-state index in [-0.39, 0.29) is 24.1 Å². The van der Waals surface area contributed by atoms with Gasteiger partial charge in [0.05, 0.1) is 6.61 Å². The molecule has 5 nitrogen and oxygen atoms in total. The van der Waals surface area contributed by atoms with Crippen LogP contribution in [0, 0.1) is 11.8 Å². The fraction of sp³-hybridized carbons (Fsp3) is 0.917. The largest absolute Gasteiger partial charge is 0.465 e. The Balaban J connectivity index is 4.55. The van der Waals surface area contributed by atoms with Crippen molar-refractivity contribution in [2.24, 2.45) is 17.6 Å². The average molecular weight is 247 g/mol. The van der Waals surface area contributed by atoms with Crippen LogP contribution in [-0.2, 0) is 19.0 Å². The zero-order valence-corrected chi connectivity index (χ0v) is 11.4. The summed E-state index contributed by atoms with van der Waals surface area (Å²) in [7, 11) is 3.14. The van der Waals surface area contributed by atoms with Crippen LogP contribution < -0.4 is 5.73 Å². The maximum atomic E-state index is 11.6. The van der Waals surface area contributed by atoms with Gasteiger partial charge in [-0.3, -0.25) is 4.79 Å². The molecule has 0 aliphatic heterocycles. The van der Waals surface area contributed by atoms with Crippen LogP contribution >= 0.6 is 0 Å². The van der Waals surface area contributed by atoms with Crippen LogP contribution in [-0.4, -0.2) is 39.1 Å². The molecule has 0 amide bonds. The summed E-state index contributed by atoms with van der Waals surface area (Å²) >= 11 is 0. The van der Waals surface area contributed by atoms with E-state index in [4.69, 9.17) is 19.9 Å². The highest BCUT2D eigenvalue weighted by molar-refractivity contribution is 5.75. The van der Waals surface area contributed by atoms with Gasteiger partial charge >= 0.3 is 5.97 Å². The number of esters is 1. The summed E-state index contributed by atoms with van der Waals surface area (Å²) < 4.78 is 15.2. The Morgan fingerprint density at radius 3 is 2.12 bits per heavy atom. The lowest BCUT2D eigenvalue weighted by Gasteiger charge is -2.28. The first kappa shape index (κ1) is 16.4. The van der Waals surface area contributed by atoms with Gasteiger partial charge in [-0.05, 0) is 18.8 Å². The van der Waals surface area contributed by atoms with E-state index in [1.165, 1.54) is 0 Å². The first-order valence-corrected chi connectivity index (χ1v) is 5.95. The molecule has 1 unspecified atom stereocenters. The topological polar surface area (TPSA) is 70.8 Å². The molecule has 2 atom stereocenters. The highest BCUT2D eigenvalue weighted by Crippen LogP contribution is 2.22. The Hall–Kier alpha value is -0.650. The van der Waals surface area contributed by atoms with Gasteiger partial charge < -0.3 is 19.9 Å². The van der Waals surface area contributed by atoms with E-state index in [1.807, 2.05) is 13.8 Å². The SMILES string of the molecule is CCOC(=O)C(N)[C@@H](CC(OC)OC)C(C)C. The highest BCUT2D eigenvalue weighted by Gasteiger charge is 2.30. The third-order valence-corrected chi connectivity index (χ3v) is 2.87. The smallest absolute Gasteiger partial charge is 0.323 e. The summed E-state index contributed by atoms with van der Waals surface area (Å²) in [4.78, 5) is 11.6. The van der Waals surface area contributed by atoms with Gasteiger partial charge in [-0.15, -0.1) is 0 Å². The van der Waals surface area contributed by atoms with E-state index in [0.29, 0.717) is 13.0 Å². The van der Waals surface area contributed by atoms with Crippen molar-refractivity contribution in [3.05, 3.63) is 0 Å². The summed E-state index contributed by atoms with van der Waals surface area (Å²) in [5.74, 6) is -0.140. The maximum absolute atomic E-state index is 11.6. The van der Waals surface area contributed by atoms with Gasteiger partial charge in [0, 0.05) is 20.6 Å². The standard InChI is InChI=1S/C12H25NO4/c1-6-17-12(14)11(13)9(8(2)3)7-10(15-4)16-5/h8-11H,6-7,13H2,1-5H3/t9-,11?/m0/s1. The number of carbonyl (C=O) groups is 1. The highest BCUT2D eigenvalue weighted by atomic mass is 16.7. The Morgan fingerprint density at radius 2 is 1.76 bits per heavy atom. The molecule has 0 fully saturated rings. The summed E-state index contributed by atoms with van der Waals surface area (Å²) in [6.07, 6.45) is 0.229. The quantitative estimate of drug-likeness (QED) is 0.515. The van der Waals surface area contributed by atoms with E-state index < -0.39 is 6.04 Å². The van der Waals surface area contributed by atoms with E-state index in [2.05, 4.69) is 0 Å². The predicted molar refractivity (Wildman–Crippen MR) is 65.4 cm³/mol. The van der Waals surface area contributed by atoms with Crippen LogP contribution in [0.1, 0.15) is 27.2 Å². The minimum Gasteiger partial charge on any atom is -0.465 e. The van der Waals surface area contributed by atoms with Crippen molar-refractivity contribution >= 4 is 5.97 Å². The number of carbonyl (C=O) groups excluding carboxylic acids is 1. The third-order valence-electron chi connectivity index (χ3n) is 2.87.